The van der Waals surface area contributed by atoms with Gasteiger partial charge in [0.2, 0.25) is 15.9 Å². The standard InChI is InChI=1S/C17H26N4O4S/c1-13(22)20-7-9-21(10-8-20)26(24,25)15-6-4-5-14(11-15)16(23)19-12-17(2,3)18/h4-6,11H,7-10,12,18H2,1-3H3,(H,19,23). The molecule has 0 aliphatic carbocycles. The quantitative estimate of drug-likeness (QED) is 0.745. The molecule has 0 atom stereocenters. The molecule has 1 aromatic rings. The maximum absolute atomic E-state index is 12.8. The Bertz CT molecular complexity index is 778. The Hall–Kier alpha value is -1.97. The number of sulfonamides is 1. The topological polar surface area (TPSA) is 113 Å². The molecule has 3 N–H and O–H groups in total. The van der Waals surface area contributed by atoms with Gasteiger partial charge in [0.15, 0.2) is 0 Å². The minimum Gasteiger partial charge on any atom is -0.350 e. The van der Waals surface area contributed by atoms with E-state index in [9.17, 15) is 18.0 Å². The van der Waals surface area contributed by atoms with Crippen molar-refractivity contribution in [3.63, 3.8) is 0 Å². The lowest BCUT2D eigenvalue weighted by Gasteiger charge is -2.33. The van der Waals surface area contributed by atoms with E-state index in [0.29, 0.717) is 13.1 Å². The first kappa shape index (κ1) is 20.3. The number of benzene rings is 1. The van der Waals surface area contributed by atoms with E-state index in [4.69, 9.17) is 5.73 Å². The lowest BCUT2D eigenvalue weighted by atomic mass is 10.1. The second-order valence-electron chi connectivity index (χ2n) is 7.11. The molecule has 1 aliphatic rings. The number of hydrogen-bond donors (Lipinski definition) is 2. The largest absolute Gasteiger partial charge is 0.350 e. The summed E-state index contributed by atoms with van der Waals surface area (Å²) in [4.78, 5) is 25.3. The zero-order valence-electron chi connectivity index (χ0n) is 15.4. The molecule has 2 amide bonds. The van der Waals surface area contributed by atoms with Crippen molar-refractivity contribution >= 4 is 21.8 Å². The molecule has 8 nitrogen and oxygen atoms in total. The molecule has 1 aromatic carbocycles. The molecule has 1 saturated heterocycles. The van der Waals surface area contributed by atoms with Crippen molar-refractivity contribution in [2.24, 2.45) is 5.73 Å². The molecule has 1 heterocycles. The van der Waals surface area contributed by atoms with Crippen molar-refractivity contribution in [1.82, 2.24) is 14.5 Å². The van der Waals surface area contributed by atoms with Crippen molar-refractivity contribution in [3.05, 3.63) is 29.8 Å². The predicted octanol–water partition coefficient (Wildman–Crippen LogP) is 0.00650. The number of nitrogens with zero attached hydrogens (tertiary/aromatic N) is 2. The molecular formula is C17H26N4O4S. The maximum atomic E-state index is 12.8. The van der Waals surface area contributed by atoms with Crippen LogP contribution in [0.2, 0.25) is 0 Å². The van der Waals surface area contributed by atoms with Gasteiger partial charge in [0.05, 0.1) is 4.90 Å². The van der Waals surface area contributed by atoms with Gasteiger partial charge >= 0.3 is 0 Å². The van der Waals surface area contributed by atoms with Crippen LogP contribution in [0.3, 0.4) is 0 Å². The number of rotatable bonds is 5. The number of carbonyl (C=O) groups is 2. The van der Waals surface area contributed by atoms with Crippen LogP contribution in [-0.2, 0) is 14.8 Å². The second-order valence-corrected chi connectivity index (χ2v) is 9.05. The third kappa shape index (κ3) is 5.03. The highest BCUT2D eigenvalue weighted by molar-refractivity contribution is 7.89. The molecule has 0 radical (unpaired) electrons. The van der Waals surface area contributed by atoms with Gasteiger partial charge in [-0.1, -0.05) is 6.07 Å². The minimum absolute atomic E-state index is 0.0634. The highest BCUT2D eigenvalue weighted by Gasteiger charge is 2.29. The number of nitrogens with two attached hydrogens (primary N) is 1. The highest BCUT2D eigenvalue weighted by atomic mass is 32.2. The molecule has 26 heavy (non-hydrogen) atoms. The summed E-state index contributed by atoms with van der Waals surface area (Å²) in [7, 11) is -3.72. The second kappa shape index (κ2) is 7.73. The van der Waals surface area contributed by atoms with E-state index in [1.807, 2.05) is 0 Å². The van der Waals surface area contributed by atoms with E-state index in [0.717, 1.165) is 0 Å². The molecule has 2 rings (SSSR count). The van der Waals surface area contributed by atoms with Crippen LogP contribution in [0.5, 0.6) is 0 Å². The molecular weight excluding hydrogens is 356 g/mol. The molecule has 1 fully saturated rings. The third-order valence-corrected chi connectivity index (χ3v) is 6.02. The first-order valence-corrected chi connectivity index (χ1v) is 9.87. The van der Waals surface area contributed by atoms with Crippen molar-refractivity contribution < 1.29 is 18.0 Å². The fourth-order valence-electron chi connectivity index (χ4n) is 2.60. The van der Waals surface area contributed by atoms with E-state index in [2.05, 4.69) is 5.32 Å². The maximum Gasteiger partial charge on any atom is 0.251 e. The van der Waals surface area contributed by atoms with Gasteiger partial charge < -0.3 is 16.0 Å². The van der Waals surface area contributed by atoms with E-state index in [1.165, 1.54) is 23.4 Å². The summed E-state index contributed by atoms with van der Waals surface area (Å²) in [6, 6.07) is 5.94. The SMILES string of the molecule is CC(=O)N1CCN(S(=O)(=O)c2cccc(C(=O)NCC(C)(C)N)c2)CC1. The van der Waals surface area contributed by atoms with Crippen molar-refractivity contribution in [2.75, 3.05) is 32.7 Å². The van der Waals surface area contributed by atoms with Gasteiger partial charge in [-0.25, -0.2) is 8.42 Å². The Morgan fingerprint density at radius 3 is 2.35 bits per heavy atom. The normalized spacial score (nSPS) is 16.4. The zero-order chi connectivity index (χ0) is 19.5. The van der Waals surface area contributed by atoms with Crippen LogP contribution >= 0.6 is 0 Å². The minimum atomic E-state index is -3.72. The van der Waals surface area contributed by atoms with Gasteiger partial charge in [-0.15, -0.1) is 0 Å². The van der Waals surface area contributed by atoms with Gasteiger partial charge in [0, 0.05) is 50.7 Å². The molecule has 0 unspecified atom stereocenters. The Kier molecular flexibility index (Phi) is 6.05. The van der Waals surface area contributed by atoms with Gasteiger partial charge in [-0.05, 0) is 32.0 Å². The third-order valence-electron chi connectivity index (χ3n) is 4.12. The monoisotopic (exact) mass is 382 g/mol. The zero-order valence-corrected chi connectivity index (χ0v) is 16.2. The molecule has 1 aliphatic heterocycles. The summed E-state index contributed by atoms with van der Waals surface area (Å²) >= 11 is 0. The summed E-state index contributed by atoms with van der Waals surface area (Å²) in [5, 5.41) is 2.70. The summed E-state index contributed by atoms with van der Waals surface area (Å²) in [6.45, 7) is 6.51. The Labute approximate surface area is 154 Å². The molecule has 0 spiro atoms. The van der Waals surface area contributed by atoms with Crippen LogP contribution in [-0.4, -0.2) is 67.7 Å². The van der Waals surface area contributed by atoms with Crippen molar-refractivity contribution in [1.29, 1.82) is 0 Å². The van der Waals surface area contributed by atoms with Crippen molar-refractivity contribution in [2.45, 2.75) is 31.2 Å². The number of piperazine rings is 1. The van der Waals surface area contributed by atoms with Crippen LogP contribution in [0.4, 0.5) is 0 Å². The Balaban J connectivity index is 2.13. The van der Waals surface area contributed by atoms with Crippen LogP contribution in [0.1, 0.15) is 31.1 Å². The Morgan fingerprint density at radius 2 is 1.81 bits per heavy atom. The Morgan fingerprint density at radius 1 is 1.19 bits per heavy atom. The number of hydrogen-bond acceptors (Lipinski definition) is 5. The smallest absolute Gasteiger partial charge is 0.251 e. The summed E-state index contributed by atoms with van der Waals surface area (Å²) < 4.78 is 27.0. The number of nitrogens with one attached hydrogen (secondary N) is 1. The summed E-state index contributed by atoms with van der Waals surface area (Å²) in [5.74, 6) is -0.439. The highest BCUT2D eigenvalue weighted by Crippen LogP contribution is 2.19. The molecule has 0 aromatic heterocycles. The van der Waals surface area contributed by atoms with E-state index < -0.39 is 15.6 Å². The predicted molar refractivity (Wildman–Crippen MR) is 98.1 cm³/mol. The van der Waals surface area contributed by atoms with Crippen LogP contribution < -0.4 is 11.1 Å². The number of carbonyl (C=O) groups excluding carboxylic acids is 2. The van der Waals surface area contributed by atoms with E-state index >= 15 is 0 Å². The molecule has 9 heteroatoms. The lowest BCUT2D eigenvalue weighted by Crippen LogP contribution is -2.49. The average molecular weight is 382 g/mol. The first-order valence-electron chi connectivity index (χ1n) is 8.43. The van der Waals surface area contributed by atoms with E-state index in [-0.39, 0.29) is 41.9 Å². The molecule has 144 valence electrons. The molecule has 0 bridgehead atoms. The van der Waals surface area contributed by atoms with Gasteiger partial charge in [-0.3, -0.25) is 9.59 Å². The first-order chi connectivity index (χ1) is 12.0. The van der Waals surface area contributed by atoms with Gasteiger partial charge in [-0.2, -0.15) is 4.31 Å². The average Bonchev–Trinajstić information content (AvgIpc) is 2.59. The molecule has 0 saturated carbocycles. The number of amides is 2. The fraction of sp³-hybridized carbons (Fsp3) is 0.529. The summed E-state index contributed by atoms with van der Waals surface area (Å²) in [6.07, 6.45) is 0. The van der Waals surface area contributed by atoms with Gasteiger partial charge in [0.25, 0.3) is 5.91 Å². The lowest BCUT2D eigenvalue weighted by molar-refractivity contribution is -0.129. The van der Waals surface area contributed by atoms with E-state index in [1.54, 1.807) is 30.9 Å². The fourth-order valence-corrected chi connectivity index (χ4v) is 4.07. The van der Waals surface area contributed by atoms with Gasteiger partial charge in [0.1, 0.15) is 0 Å². The summed E-state index contributed by atoms with van der Waals surface area (Å²) in [5.41, 5.74) is 5.55. The van der Waals surface area contributed by atoms with Crippen LogP contribution in [0.25, 0.3) is 0 Å². The van der Waals surface area contributed by atoms with Crippen molar-refractivity contribution in [3.8, 4) is 0 Å². The van der Waals surface area contributed by atoms with Crippen LogP contribution in [0, 0.1) is 0 Å². The van der Waals surface area contributed by atoms with Crippen LogP contribution in [0.15, 0.2) is 29.2 Å².